The summed E-state index contributed by atoms with van der Waals surface area (Å²) in [4.78, 5) is 6.86. The number of anilines is 1. The van der Waals surface area contributed by atoms with E-state index in [2.05, 4.69) is 28.2 Å². The molecule has 1 N–H and O–H groups in total. The van der Waals surface area contributed by atoms with Crippen LogP contribution in [0.1, 0.15) is 24.8 Å². The molecule has 3 rings (SSSR count). The van der Waals surface area contributed by atoms with Gasteiger partial charge >= 0.3 is 0 Å². The molecule has 2 aliphatic rings. The summed E-state index contributed by atoms with van der Waals surface area (Å²) in [6.07, 6.45) is 7.84. The number of fused-ring (bicyclic) bond motifs is 1. The molecule has 3 heteroatoms. The van der Waals surface area contributed by atoms with Gasteiger partial charge in [-0.05, 0) is 44.4 Å². The van der Waals surface area contributed by atoms with Crippen molar-refractivity contribution in [3.05, 3.63) is 24.0 Å². The minimum absolute atomic E-state index is 0.631. The highest BCUT2D eigenvalue weighted by Gasteiger charge is 2.36. The van der Waals surface area contributed by atoms with Crippen molar-refractivity contribution in [2.45, 2.75) is 38.3 Å². The predicted molar refractivity (Wildman–Crippen MR) is 65.6 cm³/mol. The Kier molecular flexibility index (Phi) is 2.56. The van der Waals surface area contributed by atoms with Crippen LogP contribution in [-0.2, 0) is 0 Å². The molecule has 0 aliphatic carbocycles. The molecule has 16 heavy (non-hydrogen) atoms. The van der Waals surface area contributed by atoms with E-state index in [1.165, 1.54) is 43.6 Å². The summed E-state index contributed by atoms with van der Waals surface area (Å²) in [6, 6.07) is 3.58. The smallest absolute Gasteiger partial charge is 0.0532 e. The lowest BCUT2D eigenvalue weighted by molar-refractivity contribution is 0.318. The van der Waals surface area contributed by atoms with Crippen LogP contribution < -0.4 is 5.32 Å². The molecule has 0 spiro atoms. The highest BCUT2D eigenvalue weighted by molar-refractivity contribution is 5.44. The van der Waals surface area contributed by atoms with Crippen molar-refractivity contribution in [1.29, 1.82) is 0 Å². The summed E-state index contributed by atoms with van der Waals surface area (Å²) >= 11 is 0. The van der Waals surface area contributed by atoms with E-state index in [-0.39, 0.29) is 0 Å². The Hall–Kier alpha value is -1.09. The first kappa shape index (κ1) is 10.1. The van der Waals surface area contributed by atoms with Crippen LogP contribution in [0, 0.1) is 6.92 Å². The van der Waals surface area contributed by atoms with E-state index >= 15 is 0 Å². The van der Waals surface area contributed by atoms with Crippen LogP contribution in [0.15, 0.2) is 18.5 Å². The lowest BCUT2D eigenvalue weighted by Crippen LogP contribution is -2.33. The van der Waals surface area contributed by atoms with E-state index < -0.39 is 0 Å². The van der Waals surface area contributed by atoms with Gasteiger partial charge in [0.1, 0.15) is 0 Å². The number of aryl methyl sites for hydroxylation is 1. The average Bonchev–Trinajstić information content (AvgIpc) is 2.83. The molecule has 3 nitrogen and oxygen atoms in total. The second-order valence-corrected chi connectivity index (χ2v) is 5.04. The molecule has 0 bridgehead atoms. The molecule has 0 saturated carbocycles. The van der Waals surface area contributed by atoms with Crippen LogP contribution in [0.3, 0.4) is 0 Å². The zero-order chi connectivity index (χ0) is 11.0. The number of hydrogen-bond donors (Lipinski definition) is 1. The summed E-state index contributed by atoms with van der Waals surface area (Å²) in [5.41, 5.74) is 2.41. The molecule has 3 heterocycles. The minimum Gasteiger partial charge on any atom is -0.379 e. The van der Waals surface area contributed by atoms with Crippen LogP contribution in [0.4, 0.5) is 5.69 Å². The van der Waals surface area contributed by atoms with E-state index in [1.807, 2.05) is 12.4 Å². The normalized spacial score (nSPS) is 29.3. The third-order valence-corrected chi connectivity index (χ3v) is 3.83. The number of nitrogens with zero attached hydrogens (tertiary/aromatic N) is 2. The fourth-order valence-corrected chi connectivity index (χ4v) is 3.10. The van der Waals surface area contributed by atoms with Gasteiger partial charge < -0.3 is 5.32 Å². The maximum absolute atomic E-state index is 4.24. The van der Waals surface area contributed by atoms with Gasteiger partial charge in [0.2, 0.25) is 0 Å². The van der Waals surface area contributed by atoms with Crippen LogP contribution >= 0.6 is 0 Å². The Labute approximate surface area is 96.9 Å². The topological polar surface area (TPSA) is 28.2 Å². The first-order valence-corrected chi connectivity index (χ1v) is 6.25. The summed E-state index contributed by atoms with van der Waals surface area (Å²) in [5.74, 6) is 0. The monoisotopic (exact) mass is 217 g/mol. The molecule has 1 aromatic heterocycles. The molecule has 2 aliphatic heterocycles. The molecule has 0 aromatic carbocycles. The SMILES string of the molecule is Cc1cncc(NC2CCN3CCCC23)c1. The zero-order valence-corrected chi connectivity index (χ0v) is 9.82. The summed E-state index contributed by atoms with van der Waals surface area (Å²) in [7, 11) is 0. The second-order valence-electron chi connectivity index (χ2n) is 5.04. The van der Waals surface area contributed by atoms with Crippen LogP contribution in [0.25, 0.3) is 0 Å². The van der Waals surface area contributed by atoms with Gasteiger partial charge in [0, 0.05) is 31.0 Å². The second kappa shape index (κ2) is 4.06. The van der Waals surface area contributed by atoms with Gasteiger partial charge in [-0.25, -0.2) is 0 Å². The molecular weight excluding hydrogens is 198 g/mol. The van der Waals surface area contributed by atoms with Crippen molar-refractivity contribution in [2.24, 2.45) is 0 Å². The molecule has 1 aromatic rings. The summed E-state index contributed by atoms with van der Waals surface area (Å²) in [6.45, 7) is 4.66. The molecule has 0 amide bonds. The maximum atomic E-state index is 4.24. The van der Waals surface area contributed by atoms with Crippen LogP contribution in [0.2, 0.25) is 0 Å². The van der Waals surface area contributed by atoms with Gasteiger partial charge in [-0.3, -0.25) is 9.88 Å². The molecule has 2 saturated heterocycles. The highest BCUT2D eigenvalue weighted by Crippen LogP contribution is 2.29. The van der Waals surface area contributed by atoms with Crippen molar-refractivity contribution in [2.75, 3.05) is 18.4 Å². The van der Waals surface area contributed by atoms with E-state index in [9.17, 15) is 0 Å². The van der Waals surface area contributed by atoms with Crippen molar-refractivity contribution in [3.8, 4) is 0 Å². The molecule has 2 unspecified atom stereocenters. The summed E-state index contributed by atoms with van der Waals surface area (Å²) < 4.78 is 0. The van der Waals surface area contributed by atoms with Crippen LogP contribution in [-0.4, -0.2) is 35.1 Å². The molecular formula is C13H19N3. The number of nitrogens with one attached hydrogen (secondary N) is 1. The zero-order valence-electron chi connectivity index (χ0n) is 9.82. The summed E-state index contributed by atoms with van der Waals surface area (Å²) in [5, 5.41) is 3.65. The Balaban J connectivity index is 1.71. The number of pyridine rings is 1. The van der Waals surface area contributed by atoms with Crippen LogP contribution in [0.5, 0.6) is 0 Å². The molecule has 2 atom stereocenters. The first-order chi connectivity index (χ1) is 7.83. The molecule has 0 radical (unpaired) electrons. The average molecular weight is 217 g/mol. The van der Waals surface area contributed by atoms with Gasteiger partial charge in [-0.15, -0.1) is 0 Å². The van der Waals surface area contributed by atoms with Crippen molar-refractivity contribution in [1.82, 2.24) is 9.88 Å². The highest BCUT2D eigenvalue weighted by atomic mass is 15.2. The van der Waals surface area contributed by atoms with E-state index in [0.29, 0.717) is 6.04 Å². The lowest BCUT2D eigenvalue weighted by Gasteiger charge is -2.22. The predicted octanol–water partition coefficient (Wildman–Crippen LogP) is 2.04. The van der Waals surface area contributed by atoms with Gasteiger partial charge in [-0.1, -0.05) is 0 Å². The van der Waals surface area contributed by atoms with Gasteiger partial charge in [-0.2, -0.15) is 0 Å². The Morgan fingerprint density at radius 1 is 1.31 bits per heavy atom. The van der Waals surface area contributed by atoms with Crippen molar-refractivity contribution in [3.63, 3.8) is 0 Å². The van der Waals surface area contributed by atoms with E-state index in [1.54, 1.807) is 0 Å². The van der Waals surface area contributed by atoms with Gasteiger partial charge in [0.05, 0.1) is 5.69 Å². The fourth-order valence-electron chi connectivity index (χ4n) is 3.10. The van der Waals surface area contributed by atoms with E-state index in [4.69, 9.17) is 0 Å². The quantitative estimate of drug-likeness (QED) is 0.821. The number of rotatable bonds is 2. The third-order valence-electron chi connectivity index (χ3n) is 3.83. The first-order valence-electron chi connectivity index (χ1n) is 6.25. The van der Waals surface area contributed by atoms with E-state index in [0.717, 1.165) is 6.04 Å². The standard InChI is InChI=1S/C13H19N3/c1-10-7-11(9-14-8-10)15-12-4-6-16-5-2-3-13(12)16/h7-9,12-13,15H,2-6H2,1H3. The van der Waals surface area contributed by atoms with Crippen molar-refractivity contribution < 1.29 is 0 Å². The van der Waals surface area contributed by atoms with Crippen molar-refractivity contribution >= 4 is 5.69 Å². The lowest BCUT2D eigenvalue weighted by atomic mass is 10.1. The molecule has 86 valence electrons. The fraction of sp³-hybridized carbons (Fsp3) is 0.615. The van der Waals surface area contributed by atoms with Gasteiger partial charge in [0.15, 0.2) is 0 Å². The third kappa shape index (κ3) is 1.80. The largest absolute Gasteiger partial charge is 0.379 e. The Bertz CT molecular complexity index is 377. The molecule has 2 fully saturated rings. The Morgan fingerprint density at radius 2 is 2.25 bits per heavy atom. The maximum Gasteiger partial charge on any atom is 0.0532 e. The minimum atomic E-state index is 0.631. The Morgan fingerprint density at radius 3 is 3.12 bits per heavy atom. The number of aromatic nitrogens is 1. The number of hydrogen-bond acceptors (Lipinski definition) is 3. The van der Waals surface area contributed by atoms with Gasteiger partial charge in [0.25, 0.3) is 0 Å².